The van der Waals surface area contributed by atoms with Crippen molar-refractivity contribution >= 4 is 49.9 Å². The van der Waals surface area contributed by atoms with Crippen molar-refractivity contribution in [2.45, 2.75) is 19.8 Å². The Morgan fingerprint density at radius 2 is 1.97 bits per heavy atom. The van der Waals surface area contributed by atoms with Gasteiger partial charge < -0.3 is 20.8 Å². The highest BCUT2D eigenvalue weighted by Crippen LogP contribution is 2.39. The standard InChI is InChI=1S/C27H27FN4O6S/c1-16-11-18(6-9-22(16)29-17(2)5-3-4-10-33)12-24(35)30-20-7-8-21-19(13-20)14-23(34)27(26(21)28)32-15-25(36)31-39(32,37)38/h3,5-9,11,13-14,29,33-34H,2,4,10,12,15H2,1H3,(H,30,35)(H,31,36)/b5-3-. The fourth-order valence-corrected chi connectivity index (χ4v) is 5.34. The lowest BCUT2D eigenvalue weighted by molar-refractivity contribution is -0.117. The maximum atomic E-state index is 15.2. The summed E-state index contributed by atoms with van der Waals surface area (Å²) in [5.74, 6) is -2.84. The average Bonchev–Trinajstić information content (AvgIpc) is 3.12. The lowest BCUT2D eigenvalue weighted by Gasteiger charge is -2.18. The van der Waals surface area contributed by atoms with E-state index in [-0.39, 0.29) is 29.7 Å². The Hall–Kier alpha value is -4.42. The molecule has 2 amide bonds. The van der Waals surface area contributed by atoms with Crippen LogP contribution in [0.3, 0.4) is 0 Å². The number of amides is 2. The molecule has 4 rings (SSSR count). The van der Waals surface area contributed by atoms with Crippen molar-refractivity contribution in [1.82, 2.24) is 4.72 Å². The van der Waals surface area contributed by atoms with E-state index in [4.69, 9.17) is 5.11 Å². The molecule has 1 heterocycles. The summed E-state index contributed by atoms with van der Waals surface area (Å²) in [4.78, 5) is 24.2. The van der Waals surface area contributed by atoms with E-state index in [0.29, 0.717) is 22.1 Å². The van der Waals surface area contributed by atoms with Crippen molar-refractivity contribution in [1.29, 1.82) is 0 Å². The van der Waals surface area contributed by atoms with Gasteiger partial charge in [-0.15, -0.1) is 0 Å². The topological polar surface area (TPSA) is 148 Å². The second-order valence-corrected chi connectivity index (χ2v) is 10.6. The summed E-state index contributed by atoms with van der Waals surface area (Å²) in [7, 11) is -4.32. The molecule has 39 heavy (non-hydrogen) atoms. The summed E-state index contributed by atoms with van der Waals surface area (Å²) < 4.78 is 41.7. The number of aliphatic hydroxyl groups is 1. The van der Waals surface area contributed by atoms with E-state index in [1.165, 1.54) is 24.3 Å². The molecule has 1 aliphatic heterocycles. The summed E-state index contributed by atoms with van der Waals surface area (Å²) in [5.41, 5.74) is 2.88. The van der Waals surface area contributed by atoms with Gasteiger partial charge in [-0.05, 0) is 66.3 Å². The Bertz CT molecular complexity index is 1620. The lowest BCUT2D eigenvalue weighted by atomic mass is 10.1. The third kappa shape index (κ3) is 6.19. The van der Waals surface area contributed by atoms with Crippen molar-refractivity contribution in [3.63, 3.8) is 0 Å². The molecule has 0 saturated carbocycles. The smallest absolute Gasteiger partial charge is 0.326 e. The van der Waals surface area contributed by atoms with E-state index in [1.54, 1.807) is 16.9 Å². The first-order valence-corrected chi connectivity index (χ1v) is 13.3. The number of benzene rings is 3. The van der Waals surface area contributed by atoms with Crippen LogP contribution in [0, 0.1) is 12.7 Å². The Morgan fingerprint density at radius 1 is 1.21 bits per heavy atom. The van der Waals surface area contributed by atoms with Crippen LogP contribution in [0.5, 0.6) is 5.75 Å². The van der Waals surface area contributed by atoms with E-state index in [2.05, 4.69) is 17.2 Å². The largest absolute Gasteiger partial charge is 0.506 e. The number of fused-ring (bicyclic) bond motifs is 1. The van der Waals surface area contributed by atoms with Crippen LogP contribution in [0.25, 0.3) is 10.8 Å². The number of aryl methyl sites for hydroxylation is 1. The highest BCUT2D eigenvalue weighted by Gasteiger charge is 2.37. The molecule has 1 aliphatic rings. The van der Waals surface area contributed by atoms with Crippen LogP contribution < -0.4 is 19.7 Å². The minimum absolute atomic E-state index is 0.00172. The Balaban J connectivity index is 1.47. The normalized spacial score (nSPS) is 14.5. The van der Waals surface area contributed by atoms with Gasteiger partial charge in [0.05, 0.1) is 6.42 Å². The number of nitrogens with one attached hydrogen (secondary N) is 3. The zero-order valence-electron chi connectivity index (χ0n) is 21.0. The number of phenols is 1. The number of anilines is 3. The zero-order chi connectivity index (χ0) is 28.3. The summed E-state index contributed by atoms with van der Waals surface area (Å²) in [6, 6.07) is 11.0. The van der Waals surface area contributed by atoms with Crippen LogP contribution in [-0.2, 0) is 26.2 Å². The van der Waals surface area contributed by atoms with Crippen molar-refractivity contribution < 1.29 is 32.6 Å². The first-order valence-electron chi connectivity index (χ1n) is 11.9. The summed E-state index contributed by atoms with van der Waals surface area (Å²) in [6.45, 7) is 5.22. The molecule has 0 atom stereocenters. The molecule has 1 saturated heterocycles. The molecule has 10 nitrogen and oxygen atoms in total. The van der Waals surface area contributed by atoms with Gasteiger partial charge in [-0.3, -0.25) is 9.59 Å². The lowest BCUT2D eigenvalue weighted by Crippen LogP contribution is -2.30. The first kappa shape index (κ1) is 27.6. The molecular weight excluding hydrogens is 527 g/mol. The van der Waals surface area contributed by atoms with Crippen molar-refractivity contribution in [3.05, 3.63) is 83.8 Å². The predicted octanol–water partition coefficient (Wildman–Crippen LogP) is 3.22. The van der Waals surface area contributed by atoms with Crippen LogP contribution in [0.4, 0.5) is 21.5 Å². The molecule has 204 valence electrons. The van der Waals surface area contributed by atoms with E-state index < -0.39 is 39.9 Å². The van der Waals surface area contributed by atoms with Crippen LogP contribution in [-0.4, -0.2) is 43.6 Å². The minimum atomic E-state index is -4.32. The number of hydrogen-bond donors (Lipinski definition) is 5. The number of nitrogens with zero attached hydrogens (tertiary/aromatic N) is 1. The molecule has 12 heteroatoms. The van der Waals surface area contributed by atoms with Crippen molar-refractivity contribution in [2.24, 2.45) is 0 Å². The van der Waals surface area contributed by atoms with Gasteiger partial charge >= 0.3 is 10.2 Å². The fourth-order valence-electron chi connectivity index (χ4n) is 4.18. The first-order chi connectivity index (χ1) is 18.5. The van der Waals surface area contributed by atoms with Gasteiger partial charge in [0.2, 0.25) is 5.91 Å². The van der Waals surface area contributed by atoms with Crippen LogP contribution in [0.2, 0.25) is 0 Å². The van der Waals surface area contributed by atoms with Crippen LogP contribution in [0.15, 0.2) is 66.9 Å². The van der Waals surface area contributed by atoms with Crippen LogP contribution >= 0.6 is 0 Å². The second kappa shape index (κ2) is 11.1. The maximum absolute atomic E-state index is 15.2. The Morgan fingerprint density at radius 3 is 2.64 bits per heavy atom. The number of phenolic OH excluding ortho intramolecular Hbond substituents is 1. The van der Waals surface area contributed by atoms with Crippen LogP contribution in [0.1, 0.15) is 17.5 Å². The van der Waals surface area contributed by atoms with E-state index >= 15 is 4.39 Å². The number of aliphatic hydroxyl groups excluding tert-OH is 1. The molecule has 3 aromatic rings. The van der Waals surface area contributed by atoms with Crippen molar-refractivity contribution in [2.75, 3.05) is 28.1 Å². The highest BCUT2D eigenvalue weighted by atomic mass is 32.2. The summed E-state index contributed by atoms with van der Waals surface area (Å²) in [5, 5.41) is 25.4. The molecule has 3 aromatic carbocycles. The molecule has 0 radical (unpaired) electrons. The number of carbonyl (C=O) groups is 2. The number of rotatable bonds is 9. The van der Waals surface area contributed by atoms with Gasteiger partial charge in [0.15, 0.2) is 5.82 Å². The maximum Gasteiger partial charge on any atom is 0.326 e. The molecule has 5 N–H and O–H groups in total. The average molecular weight is 555 g/mol. The molecular formula is C27H27FN4O6S. The van der Waals surface area contributed by atoms with Gasteiger partial charge in [-0.2, -0.15) is 8.42 Å². The van der Waals surface area contributed by atoms with Gasteiger partial charge in [0.1, 0.15) is 18.0 Å². The van der Waals surface area contributed by atoms with Crippen molar-refractivity contribution in [3.8, 4) is 5.75 Å². The highest BCUT2D eigenvalue weighted by molar-refractivity contribution is 7.92. The number of allylic oxidation sites excluding steroid dienone is 1. The van der Waals surface area contributed by atoms with Gasteiger partial charge in [0, 0.05) is 29.1 Å². The quantitative estimate of drug-likeness (QED) is 0.255. The summed E-state index contributed by atoms with van der Waals surface area (Å²) >= 11 is 0. The SMILES string of the molecule is C=C(/C=C\CCO)Nc1ccc(CC(=O)Nc2ccc3c(F)c(N4CC(=O)NS4(=O)=O)c(O)cc3c2)cc1C. The van der Waals surface area contributed by atoms with E-state index in [9.17, 15) is 23.1 Å². The molecule has 0 unspecified atom stereocenters. The van der Waals surface area contributed by atoms with Gasteiger partial charge in [-0.25, -0.2) is 13.4 Å². The number of halogens is 1. The molecule has 0 aliphatic carbocycles. The van der Waals surface area contributed by atoms with Gasteiger partial charge in [-0.1, -0.05) is 24.8 Å². The monoisotopic (exact) mass is 554 g/mol. The summed E-state index contributed by atoms with van der Waals surface area (Å²) in [6.07, 6.45) is 4.19. The van der Waals surface area contributed by atoms with E-state index in [1.807, 2.05) is 25.1 Å². The minimum Gasteiger partial charge on any atom is -0.506 e. The third-order valence-electron chi connectivity index (χ3n) is 5.95. The number of carbonyl (C=O) groups excluding carboxylic acids is 2. The third-order valence-corrected chi connectivity index (χ3v) is 7.33. The number of aromatic hydroxyl groups is 1. The second-order valence-electron chi connectivity index (χ2n) is 8.97. The Kier molecular flexibility index (Phi) is 7.88. The molecule has 0 aromatic heterocycles. The number of hydrogen-bond acceptors (Lipinski definition) is 7. The Labute approximate surface area is 224 Å². The zero-order valence-corrected chi connectivity index (χ0v) is 21.8. The van der Waals surface area contributed by atoms with E-state index in [0.717, 1.165) is 16.8 Å². The molecule has 0 bridgehead atoms. The predicted molar refractivity (Wildman–Crippen MR) is 147 cm³/mol. The molecule has 0 spiro atoms. The molecule has 1 fully saturated rings. The van der Waals surface area contributed by atoms with Gasteiger partial charge in [0.25, 0.3) is 5.91 Å². The fraction of sp³-hybridized carbons (Fsp3) is 0.185.